The fraction of sp³-hybridized carbons (Fsp3) is 0.680. The molecule has 180 valence electrons. The highest BCUT2D eigenvalue weighted by Gasteiger charge is 2.08. The number of hydrazone groups is 1. The van der Waals surface area contributed by atoms with Crippen molar-refractivity contribution in [2.75, 3.05) is 0 Å². The fourth-order valence-electron chi connectivity index (χ4n) is 3.63. The number of carbonyl (C=O) groups excluding carboxylic acids is 1. The second-order valence-electron chi connectivity index (χ2n) is 8.46. The first-order valence-corrected chi connectivity index (χ1v) is 12.7. The lowest BCUT2D eigenvalue weighted by atomic mass is 10.0. The third kappa shape index (κ3) is 14.2. The van der Waals surface area contributed by atoms with Gasteiger partial charge in [-0.15, -0.1) is 0 Å². The smallest absolute Gasteiger partial charge is 0.270 e. The summed E-state index contributed by atoms with van der Waals surface area (Å²) in [7, 11) is 0. The number of rotatable bonds is 19. The minimum Gasteiger partial charge on any atom is -0.273 e. The number of nitrogens with one attached hydrogen (secondary N) is 1. The molecule has 1 rings (SSSR count). The fourth-order valence-corrected chi connectivity index (χ4v) is 3.80. The highest BCUT2D eigenvalue weighted by molar-refractivity contribution is 6.33. The maximum Gasteiger partial charge on any atom is 0.270 e. The number of unbranched alkanes of at least 4 members (excludes halogenated alkanes) is 14. The molecule has 0 aromatic heterocycles. The molecule has 0 spiro atoms. The number of nitrogens with zero attached hydrogens (tertiary/aromatic N) is 2. The Morgan fingerprint density at radius 3 is 1.94 bits per heavy atom. The normalized spacial score (nSPS) is 11.2. The van der Waals surface area contributed by atoms with Gasteiger partial charge in [0.25, 0.3) is 5.69 Å². The number of hydrogen-bond acceptors (Lipinski definition) is 4. The average molecular weight is 466 g/mol. The van der Waals surface area contributed by atoms with Crippen LogP contribution < -0.4 is 5.43 Å². The lowest BCUT2D eigenvalue weighted by Crippen LogP contribution is -2.16. The van der Waals surface area contributed by atoms with Crippen molar-refractivity contribution in [2.24, 2.45) is 5.10 Å². The van der Waals surface area contributed by atoms with Gasteiger partial charge in [-0.25, -0.2) is 5.43 Å². The molecular formula is C25H40ClN3O3. The van der Waals surface area contributed by atoms with Gasteiger partial charge in [-0.1, -0.05) is 108 Å². The number of nitro benzene ring substituents is 1. The van der Waals surface area contributed by atoms with E-state index >= 15 is 0 Å². The Bertz CT molecular complexity index is 695. The molecule has 32 heavy (non-hydrogen) atoms. The number of benzene rings is 1. The molecule has 1 aromatic carbocycles. The second kappa shape index (κ2) is 18.6. The zero-order valence-electron chi connectivity index (χ0n) is 19.6. The van der Waals surface area contributed by atoms with E-state index in [2.05, 4.69) is 17.5 Å². The summed E-state index contributed by atoms with van der Waals surface area (Å²) in [6.45, 7) is 2.26. The van der Waals surface area contributed by atoms with Crippen LogP contribution >= 0.6 is 11.6 Å². The first-order chi connectivity index (χ1) is 15.5. The van der Waals surface area contributed by atoms with Crippen LogP contribution in [0.4, 0.5) is 5.69 Å². The summed E-state index contributed by atoms with van der Waals surface area (Å²) in [5.74, 6) is -0.155. The molecule has 0 heterocycles. The van der Waals surface area contributed by atoms with Gasteiger partial charge < -0.3 is 0 Å². The molecule has 0 saturated carbocycles. The van der Waals surface area contributed by atoms with E-state index in [0.717, 1.165) is 19.3 Å². The minimum atomic E-state index is -0.497. The third-order valence-corrected chi connectivity index (χ3v) is 5.93. The van der Waals surface area contributed by atoms with Gasteiger partial charge in [0.05, 0.1) is 11.1 Å². The maximum atomic E-state index is 11.9. The van der Waals surface area contributed by atoms with Crippen molar-refractivity contribution in [2.45, 2.75) is 110 Å². The average Bonchev–Trinajstić information content (AvgIpc) is 2.77. The van der Waals surface area contributed by atoms with Crippen LogP contribution in [0.1, 0.15) is 115 Å². The zero-order chi connectivity index (χ0) is 23.4. The summed E-state index contributed by atoms with van der Waals surface area (Å²) < 4.78 is 0. The third-order valence-electron chi connectivity index (χ3n) is 5.59. The molecule has 0 aliphatic carbocycles. The Morgan fingerprint density at radius 2 is 1.44 bits per heavy atom. The topological polar surface area (TPSA) is 84.6 Å². The first-order valence-electron chi connectivity index (χ1n) is 12.3. The summed E-state index contributed by atoms with van der Waals surface area (Å²) in [5, 5.41) is 15.0. The molecule has 0 bridgehead atoms. The van der Waals surface area contributed by atoms with Crippen LogP contribution in [0.3, 0.4) is 0 Å². The van der Waals surface area contributed by atoms with Crippen molar-refractivity contribution >= 4 is 29.4 Å². The van der Waals surface area contributed by atoms with Gasteiger partial charge in [-0.3, -0.25) is 14.9 Å². The van der Waals surface area contributed by atoms with Gasteiger partial charge in [-0.05, 0) is 12.5 Å². The standard InChI is InChI=1S/C25H40ClN3O3/c1-2-3-4-5-6-7-8-9-10-11-12-13-14-15-16-17-25(30)28-27-21-22-20-23(29(31)32)18-19-24(22)26/h18-21H,2-17H2,1H3,(H,28,30)/b27-21+. The van der Waals surface area contributed by atoms with E-state index in [1.807, 2.05) is 0 Å². The number of amides is 1. The monoisotopic (exact) mass is 465 g/mol. The van der Waals surface area contributed by atoms with Crippen molar-refractivity contribution in [3.8, 4) is 0 Å². The zero-order valence-corrected chi connectivity index (χ0v) is 20.4. The molecule has 1 aromatic rings. The highest BCUT2D eigenvalue weighted by atomic mass is 35.5. The van der Waals surface area contributed by atoms with Crippen molar-refractivity contribution in [3.63, 3.8) is 0 Å². The van der Waals surface area contributed by atoms with E-state index in [-0.39, 0.29) is 11.6 Å². The van der Waals surface area contributed by atoms with E-state index in [9.17, 15) is 14.9 Å². The molecule has 1 amide bonds. The van der Waals surface area contributed by atoms with Crippen LogP contribution in [0.15, 0.2) is 23.3 Å². The number of hydrogen-bond donors (Lipinski definition) is 1. The molecule has 6 nitrogen and oxygen atoms in total. The van der Waals surface area contributed by atoms with E-state index in [4.69, 9.17) is 11.6 Å². The van der Waals surface area contributed by atoms with Gasteiger partial charge in [0.15, 0.2) is 0 Å². The Balaban J connectivity index is 1.97. The molecule has 0 aliphatic rings. The van der Waals surface area contributed by atoms with Crippen LogP contribution in [0, 0.1) is 10.1 Å². The lowest BCUT2D eigenvalue weighted by molar-refractivity contribution is -0.384. The molecule has 0 saturated heterocycles. The predicted molar refractivity (Wildman–Crippen MR) is 133 cm³/mol. The number of nitro groups is 1. The molecule has 0 atom stereocenters. The lowest BCUT2D eigenvalue weighted by Gasteiger charge is -2.03. The summed E-state index contributed by atoms with van der Waals surface area (Å²) in [6, 6.07) is 4.10. The highest BCUT2D eigenvalue weighted by Crippen LogP contribution is 2.20. The number of carbonyl (C=O) groups is 1. The van der Waals surface area contributed by atoms with Gasteiger partial charge in [0.1, 0.15) is 0 Å². The Hall–Kier alpha value is -1.95. The number of non-ortho nitro benzene ring substituents is 1. The van der Waals surface area contributed by atoms with Gasteiger partial charge in [0, 0.05) is 29.1 Å². The minimum absolute atomic E-state index is 0.0695. The SMILES string of the molecule is CCCCCCCCCCCCCCCCCC(=O)N/N=C/c1cc([N+](=O)[O-])ccc1Cl. The largest absolute Gasteiger partial charge is 0.273 e. The summed E-state index contributed by atoms with van der Waals surface area (Å²) in [4.78, 5) is 22.2. The molecule has 0 aliphatic heterocycles. The second-order valence-corrected chi connectivity index (χ2v) is 8.86. The summed E-state index contributed by atoms with van der Waals surface area (Å²) >= 11 is 6.00. The number of halogens is 1. The predicted octanol–water partition coefficient (Wildman–Crippen LogP) is 7.96. The van der Waals surface area contributed by atoms with Crippen molar-refractivity contribution in [3.05, 3.63) is 38.9 Å². The van der Waals surface area contributed by atoms with Crippen molar-refractivity contribution in [1.29, 1.82) is 0 Å². The Kier molecular flexibility index (Phi) is 16.3. The molecule has 0 unspecified atom stereocenters. The molecular weight excluding hydrogens is 426 g/mol. The summed E-state index contributed by atoms with van der Waals surface area (Å²) in [5.41, 5.74) is 2.79. The van der Waals surface area contributed by atoms with Crippen molar-refractivity contribution in [1.82, 2.24) is 5.43 Å². The van der Waals surface area contributed by atoms with Gasteiger partial charge in [0.2, 0.25) is 5.91 Å². The van der Waals surface area contributed by atoms with Crippen LogP contribution in [0.2, 0.25) is 5.02 Å². The molecule has 1 N–H and O–H groups in total. The summed E-state index contributed by atoms with van der Waals surface area (Å²) in [6.07, 6.45) is 21.1. The van der Waals surface area contributed by atoms with Gasteiger partial charge in [-0.2, -0.15) is 5.10 Å². The van der Waals surface area contributed by atoms with Crippen LogP contribution in [-0.4, -0.2) is 17.0 Å². The first kappa shape index (κ1) is 28.1. The Labute approximate surface area is 198 Å². The van der Waals surface area contributed by atoms with Crippen LogP contribution in [0.25, 0.3) is 0 Å². The molecule has 7 heteroatoms. The van der Waals surface area contributed by atoms with E-state index in [1.165, 1.54) is 101 Å². The van der Waals surface area contributed by atoms with Gasteiger partial charge >= 0.3 is 0 Å². The Morgan fingerprint density at radius 1 is 0.938 bits per heavy atom. The molecule has 0 fully saturated rings. The van der Waals surface area contributed by atoms with Crippen molar-refractivity contribution < 1.29 is 9.72 Å². The van der Waals surface area contributed by atoms with E-state index in [1.54, 1.807) is 0 Å². The van der Waals surface area contributed by atoms with E-state index in [0.29, 0.717) is 17.0 Å². The maximum absolute atomic E-state index is 11.9. The quantitative estimate of drug-likeness (QED) is 0.0972. The van der Waals surface area contributed by atoms with E-state index < -0.39 is 4.92 Å². The van der Waals surface area contributed by atoms with Crippen LogP contribution in [-0.2, 0) is 4.79 Å². The molecule has 0 radical (unpaired) electrons. The van der Waals surface area contributed by atoms with Crippen LogP contribution in [0.5, 0.6) is 0 Å².